The van der Waals surface area contributed by atoms with Crippen LogP contribution in [0, 0.1) is 0 Å². The molecule has 0 fully saturated rings. The summed E-state index contributed by atoms with van der Waals surface area (Å²) in [7, 11) is 0. The number of hydrogen-bond donors (Lipinski definition) is 2. The Morgan fingerprint density at radius 1 is 0.650 bits per heavy atom. The van der Waals surface area contributed by atoms with E-state index in [1.807, 2.05) is 62.4 Å². The molecule has 2 aromatic carbocycles. The van der Waals surface area contributed by atoms with E-state index < -0.39 is 11.2 Å². The SMILES string of the molecule is CCC1(O)c2ccccc2C(O)(CC)c2ccccc21. The first-order chi connectivity index (χ1) is 9.58. The summed E-state index contributed by atoms with van der Waals surface area (Å²) in [5, 5.41) is 22.4. The molecule has 1 aliphatic carbocycles. The molecule has 104 valence electrons. The maximum atomic E-state index is 11.2. The third-order valence-electron chi connectivity index (χ3n) is 4.66. The lowest BCUT2D eigenvalue weighted by Crippen LogP contribution is -2.42. The van der Waals surface area contributed by atoms with Gasteiger partial charge in [0.05, 0.1) is 0 Å². The van der Waals surface area contributed by atoms with Gasteiger partial charge in [0.15, 0.2) is 0 Å². The molecule has 2 heteroatoms. The molecule has 2 N–H and O–H groups in total. The van der Waals surface area contributed by atoms with Gasteiger partial charge in [0.2, 0.25) is 0 Å². The predicted octanol–water partition coefficient (Wildman–Crippen LogP) is 3.29. The highest BCUT2D eigenvalue weighted by Gasteiger charge is 2.47. The molecule has 0 heterocycles. The lowest BCUT2D eigenvalue weighted by Gasteiger charge is -2.44. The van der Waals surface area contributed by atoms with Gasteiger partial charge in [0, 0.05) is 0 Å². The third-order valence-corrected chi connectivity index (χ3v) is 4.66. The number of benzene rings is 2. The monoisotopic (exact) mass is 268 g/mol. The second kappa shape index (κ2) is 4.44. The Balaban J connectivity index is 2.41. The van der Waals surface area contributed by atoms with Crippen LogP contribution in [0.5, 0.6) is 0 Å². The molecule has 2 nitrogen and oxygen atoms in total. The highest BCUT2D eigenvalue weighted by atomic mass is 16.3. The molecule has 0 bridgehead atoms. The van der Waals surface area contributed by atoms with Gasteiger partial charge < -0.3 is 10.2 Å². The van der Waals surface area contributed by atoms with Gasteiger partial charge in [0.1, 0.15) is 11.2 Å². The Bertz CT molecular complexity index is 542. The van der Waals surface area contributed by atoms with E-state index in [4.69, 9.17) is 0 Å². The topological polar surface area (TPSA) is 40.5 Å². The minimum absolute atomic E-state index is 0.584. The van der Waals surface area contributed by atoms with Crippen molar-refractivity contribution in [3.05, 3.63) is 70.8 Å². The van der Waals surface area contributed by atoms with Crippen molar-refractivity contribution < 1.29 is 10.2 Å². The maximum absolute atomic E-state index is 11.2. The van der Waals surface area contributed by atoms with Gasteiger partial charge in [-0.3, -0.25) is 0 Å². The summed E-state index contributed by atoms with van der Waals surface area (Å²) >= 11 is 0. The first-order valence-corrected chi connectivity index (χ1v) is 7.22. The van der Waals surface area contributed by atoms with Crippen molar-refractivity contribution in [3.8, 4) is 0 Å². The Hall–Kier alpha value is -1.64. The highest BCUT2D eigenvalue weighted by Crippen LogP contribution is 2.50. The molecule has 0 spiro atoms. The molecule has 20 heavy (non-hydrogen) atoms. The van der Waals surface area contributed by atoms with Crippen molar-refractivity contribution >= 4 is 0 Å². The van der Waals surface area contributed by atoms with Gasteiger partial charge >= 0.3 is 0 Å². The Morgan fingerprint density at radius 2 is 0.900 bits per heavy atom. The molecule has 0 aromatic heterocycles. The minimum Gasteiger partial charge on any atom is -0.380 e. The van der Waals surface area contributed by atoms with E-state index in [1.165, 1.54) is 0 Å². The van der Waals surface area contributed by atoms with E-state index in [9.17, 15) is 10.2 Å². The van der Waals surface area contributed by atoms with Crippen LogP contribution in [-0.4, -0.2) is 10.2 Å². The van der Waals surface area contributed by atoms with Crippen molar-refractivity contribution in [1.29, 1.82) is 0 Å². The van der Waals surface area contributed by atoms with Crippen molar-refractivity contribution in [3.63, 3.8) is 0 Å². The summed E-state index contributed by atoms with van der Waals surface area (Å²) in [6.45, 7) is 3.95. The van der Waals surface area contributed by atoms with Crippen LogP contribution in [0.4, 0.5) is 0 Å². The zero-order valence-electron chi connectivity index (χ0n) is 11.9. The Labute approximate surface area is 119 Å². The quantitative estimate of drug-likeness (QED) is 0.877. The van der Waals surface area contributed by atoms with Crippen molar-refractivity contribution in [2.24, 2.45) is 0 Å². The fourth-order valence-electron chi connectivity index (χ4n) is 3.46. The molecule has 3 rings (SSSR count). The molecule has 0 saturated heterocycles. The third kappa shape index (κ3) is 1.52. The van der Waals surface area contributed by atoms with Gasteiger partial charge in [-0.1, -0.05) is 62.4 Å². The fourth-order valence-corrected chi connectivity index (χ4v) is 3.46. The van der Waals surface area contributed by atoms with E-state index in [0.29, 0.717) is 12.8 Å². The van der Waals surface area contributed by atoms with E-state index in [0.717, 1.165) is 22.3 Å². The summed E-state index contributed by atoms with van der Waals surface area (Å²) in [6, 6.07) is 15.4. The molecule has 0 atom stereocenters. The van der Waals surface area contributed by atoms with Crippen LogP contribution in [0.15, 0.2) is 48.5 Å². The average Bonchev–Trinajstić information content (AvgIpc) is 2.52. The molecular formula is C18H20O2. The zero-order valence-corrected chi connectivity index (χ0v) is 11.9. The maximum Gasteiger partial charge on any atom is 0.115 e. The molecule has 0 unspecified atom stereocenters. The van der Waals surface area contributed by atoms with Crippen LogP contribution in [0.2, 0.25) is 0 Å². The summed E-state index contributed by atoms with van der Waals surface area (Å²) < 4.78 is 0. The normalized spacial score (nSPS) is 27.8. The molecule has 0 amide bonds. The predicted molar refractivity (Wildman–Crippen MR) is 79.5 cm³/mol. The summed E-state index contributed by atoms with van der Waals surface area (Å²) in [6.07, 6.45) is 1.17. The van der Waals surface area contributed by atoms with E-state index in [1.54, 1.807) is 0 Å². The van der Waals surface area contributed by atoms with E-state index in [2.05, 4.69) is 0 Å². The number of hydrogen-bond acceptors (Lipinski definition) is 2. The highest BCUT2D eigenvalue weighted by molar-refractivity contribution is 5.56. The number of fused-ring (bicyclic) bond motifs is 2. The number of aliphatic hydroxyl groups is 2. The molecule has 2 aromatic rings. The van der Waals surface area contributed by atoms with Gasteiger partial charge in [-0.2, -0.15) is 0 Å². The molecule has 0 radical (unpaired) electrons. The second-order valence-electron chi connectivity index (χ2n) is 5.52. The van der Waals surface area contributed by atoms with Gasteiger partial charge in [-0.05, 0) is 35.1 Å². The van der Waals surface area contributed by atoms with Crippen LogP contribution in [0.1, 0.15) is 48.9 Å². The van der Waals surface area contributed by atoms with Crippen molar-refractivity contribution in [2.45, 2.75) is 37.9 Å². The van der Waals surface area contributed by atoms with Crippen molar-refractivity contribution in [2.75, 3.05) is 0 Å². The molecule has 1 aliphatic rings. The fraction of sp³-hybridized carbons (Fsp3) is 0.333. The van der Waals surface area contributed by atoms with Gasteiger partial charge in [0.25, 0.3) is 0 Å². The molecule has 0 aliphatic heterocycles. The summed E-state index contributed by atoms with van der Waals surface area (Å²) in [5.74, 6) is 0. The standard InChI is InChI=1S/C18H20O2/c1-3-17(19)13-9-5-7-11-15(13)18(20,4-2)16-12-8-6-10-14(16)17/h5-12,19-20H,3-4H2,1-2H3. The largest absolute Gasteiger partial charge is 0.380 e. The smallest absolute Gasteiger partial charge is 0.115 e. The van der Waals surface area contributed by atoms with Crippen LogP contribution in [-0.2, 0) is 11.2 Å². The van der Waals surface area contributed by atoms with Crippen molar-refractivity contribution in [1.82, 2.24) is 0 Å². The lowest BCUT2D eigenvalue weighted by molar-refractivity contribution is 0.0260. The molecule has 0 saturated carbocycles. The van der Waals surface area contributed by atoms with Gasteiger partial charge in [-0.15, -0.1) is 0 Å². The minimum atomic E-state index is -1.02. The lowest BCUT2D eigenvalue weighted by atomic mass is 9.66. The first kappa shape index (κ1) is 13.3. The number of rotatable bonds is 2. The van der Waals surface area contributed by atoms with Crippen LogP contribution in [0.3, 0.4) is 0 Å². The van der Waals surface area contributed by atoms with Crippen LogP contribution < -0.4 is 0 Å². The zero-order chi connectivity index (χ0) is 14.4. The van der Waals surface area contributed by atoms with E-state index in [-0.39, 0.29) is 0 Å². The van der Waals surface area contributed by atoms with Gasteiger partial charge in [-0.25, -0.2) is 0 Å². The van der Waals surface area contributed by atoms with E-state index >= 15 is 0 Å². The Kier molecular flexibility index (Phi) is 2.96. The summed E-state index contributed by atoms with van der Waals surface area (Å²) in [5.41, 5.74) is 1.26. The second-order valence-corrected chi connectivity index (χ2v) is 5.52. The molecular weight excluding hydrogens is 248 g/mol. The van der Waals surface area contributed by atoms with Crippen LogP contribution >= 0.6 is 0 Å². The average molecular weight is 268 g/mol. The Morgan fingerprint density at radius 3 is 1.10 bits per heavy atom. The summed E-state index contributed by atoms with van der Waals surface area (Å²) in [4.78, 5) is 0. The van der Waals surface area contributed by atoms with Crippen LogP contribution in [0.25, 0.3) is 0 Å². The first-order valence-electron chi connectivity index (χ1n) is 7.22.